The van der Waals surface area contributed by atoms with Crippen LogP contribution in [0.2, 0.25) is 0 Å². The molecule has 1 rings (SSSR count). The second-order valence-corrected chi connectivity index (χ2v) is 4.87. The van der Waals surface area contributed by atoms with Crippen LogP contribution in [0.5, 0.6) is 0 Å². The molecule has 1 heteroatoms. The number of rotatable bonds is 2. The third kappa shape index (κ3) is 2.34. The Kier molecular flexibility index (Phi) is 3.55. The maximum Gasteiger partial charge on any atom is 0.0610 e. The lowest BCUT2D eigenvalue weighted by Crippen LogP contribution is -2.35. The third-order valence-electron chi connectivity index (χ3n) is 3.16. The Morgan fingerprint density at radius 1 is 1.15 bits per heavy atom. The zero-order chi connectivity index (χ0) is 10.0. The highest BCUT2D eigenvalue weighted by Gasteiger charge is 2.32. The van der Waals surface area contributed by atoms with Crippen LogP contribution in [-0.2, 0) is 0 Å². The molecule has 0 aromatic carbocycles. The highest BCUT2D eigenvalue weighted by atomic mass is 16.3. The Balaban J connectivity index is 2.78. The van der Waals surface area contributed by atoms with E-state index in [0.29, 0.717) is 23.7 Å². The molecule has 0 aliphatic heterocycles. The van der Waals surface area contributed by atoms with Crippen LogP contribution in [0, 0.1) is 23.7 Å². The van der Waals surface area contributed by atoms with Gasteiger partial charge >= 0.3 is 0 Å². The minimum absolute atomic E-state index is 0.127. The monoisotopic (exact) mass is 182 g/mol. The van der Waals surface area contributed by atoms with E-state index in [1.54, 1.807) is 0 Å². The minimum atomic E-state index is -0.127. The van der Waals surface area contributed by atoms with Crippen molar-refractivity contribution in [1.82, 2.24) is 0 Å². The van der Waals surface area contributed by atoms with Gasteiger partial charge in [0.2, 0.25) is 0 Å². The summed E-state index contributed by atoms with van der Waals surface area (Å²) in [7, 11) is 0. The zero-order valence-electron chi connectivity index (χ0n) is 9.20. The summed E-state index contributed by atoms with van der Waals surface area (Å²) in [6.45, 7) is 8.90. The molecule has 76 valence electrons. The fraction of sp³-hybridized carbons (Fsp3) is 0.833. The molecule has 0 bridgehead atoms. The van der Waals surface area contributed by atoms with Crippen molar-refractivity contribution in [3.63, 3.8) is 0 Å². The third-order valence-corrected chi connectivity index (χ3v) is 3.16. The molecule has 0 radical (unpaired) electrons. The molecule has 3 atom stereocenters. The number of hydrogen-bond acceptors (Lipinski definition) is 1. The molecule has 0 saturated heterocycles. The van der Waals surface area contributed by atoms with E-state index < -0.39 is 0 Å². The van der Waals surface area contributed by atoms with Gasteiger partial charge in [0.05, 0.1) is 6.10 Å². The van der Waals surface area contributed by atoms with Crippen molar-refractivity contribution in [2.24, 2.45) is 23.7 Å². The lowest BCUT2D eigenvalue weighted by Gasteiger charge is -2.37. The highest BCUT2D eigenvalue weighted by molar-refractivity contribution is 5.02. The van der Waals surface area contributed by atoms with E-state index in [0.717, 1.165) is 6.42 Å². The summed E-state index contributed by atoms with van der Waals surface area (Å²) in [5, 5.41) is 9.91. The van der Waals surface area contributed by atoms with Crippen LogP contribution >= 0.6 is 0 Å². The lowest BCUT2D eigenvalue weighted by atomic mass is 9.71. The summed E-state index contributed by atoms with van der Waals surface area (Å²) in [6.07, 6.45) is 5.14. The first-order chi connectivity index (χ1) is 6.04. The van der Waals surface area contributed by atoms with E-state index in [-0.39, 0.29) is 6.10 Å². The fourth-order valence-electron chi connectivity index (χ4n) is 2.47. The lowest BCUT2D eigenvalue weighted by molar-refractivity contribution is 0.0382. The molecule has 13 heavy (non-hydrogen) atoms. The number of hydrogen-bond donors (Lipinski definition) is 1. The standard InChI is InChI=1S/C12H22O/c1-8(2)10-6-5-7-11(13)12(10)9(3)4/h5-6,8-13H,7H2,1-4H3. The SMILES string of the molecule is CC(C)C1C=CCC(O)C1C(C)C. The van der Waals surface area contributed by atoms with Crippen molar-refractivity contribution in [2.75, 3.05) is 0 Å². The van der Waals surface area contributed by atoms with Crippen molar-refractivity contribution in [3.8, 4) is 0 Å². The van der Waals surface area contributed by atoms with Crippen molar-refractivity contribution < 1.29 is 5.11 Å². The second-order valence-electron chi connectivity index (χ2n) is 4.87. The largest absolute Gasteiger partial charge is 0.392 e. The van der Waals surface area contributed by atoms with Crippen LogP contribution in [0.15, 0.2) is 12.2 Å². The summed E-state index contributed by atoms with van der Waals surface area (Å²) in [6, 6.07) is 0. The van der Waals surface area contributed by atoms with E-state index in [1.807, 2.05) is 0 Å². The van der Waals surface area contributed by atoms with Gasteiger partial charge in [0, 0.05) is 0 Å². The predicted octanol–water partition coefficient (Wildman–Crippen LogP) is 2.85. The first kappa shape index (κ1) is 10.8. The van der Waals surface area contributed by atoms with Gasteiger partial charge in [-0.1, -0.05) is 39.8 Å². The Hall–Kier alpha value is -0.300. The summed E-state index contributed by atoms with van der Waals surface area (Å²) >= 11 is 0. The topological polar surface area (TPSA) is 20.2 Å². The summed E-state index contributed by atoms with van der Waals surface area (Å²) in [5.41, 5.74) is 0. The molecule has 1 nitrogen and oxygen atoms in total. The normalized spacial score (nSPS) is 34.5. The van der Waals surface area contributed by atoms with Crippen LogP contribution in [0.1, 0.15) is 34.1 Å². The first-order valence-electron chi connectivity index (χ1n) is 5.38. The summed E-state index contributed by atoms with van der Waals surface area (Å²) < 4.78 is 0. The minimum Gasteiger partial charge on any atom is -0.392 e. The van der Waals surface area contributed by atoms with E-state index >= 15 is 0 Å². The van der Waals surface area contributed by atoms with Crippen LogP contribution < -0.4 is 0 Å². The van der Waals surface area contributed by atoms with Gasteiger partial charge in [-0.25, -0.2) is 0 Å². The van der Waals surface area contributed by atoms with E-state index in [4.69, 9.17) is 0 Å². The Labute approximate surface area is 81.9 Å². The van der Waals surface area contributed by atoms with Crippen molar-refractivity contribution in [2.45, 2.75) is 40.2 Å². The zero-order valence-corrected chi connectivity index (χ0v) is 9.20. The van der Waals surface area contributed by atoms with E-state index in [2.05, 4.69) is 39.8 Å². The van der Waals surface area contributed by atoms with Crippen molar-refractivity contribution in [1.29, 1.82) is 0 Å². The van der Waals surface area contributed by atoms with Gasteiger partial charge in [-0.15, -0.1) is 0 Å². The first-order valence-corrected chi connectivity index (χ1v) is 5.38. The number of aliphatic hydroxyl groups excluding tert-OH is 1. The maximum absolute atomic E-state index is 9.91. The van der Waals surface area contributed by atoms with Crippen LogP contribution in [0.4, 0.5) is 0 Å². The number of aliphatic hydroxyl groups is 1. The molecule has 0 aromatic rings. The van der Waals surface area contributed by atoms with E-state index in [9.17, 15) is 5.11 Å². The average molecular weight is 182 g/mol. The molecule has 1 aliphatic rings. The van der Waals surface area contributed by atoms with Gasteiger partial charge in [-0.05, 0) is 30.1 Å². The van der Waals surface area contributed by atoms with Crippen LogP contribution in [0.3, 0.4) is 0 Å². The van der Waals surface area contributed by atoms with Gasteiger partial charge in [-0.3, -0.25) is 0 Å². The molecular weight excluding hydrogens is 160 g/mol. The van der Waals surface area contributed by atoms with Gasteiger partial charge in [0.15, 0.2) is 0 Å². The van der Waals surface area contributed by atoms with E-state index in [1.165, 1.54) is 0 Å². The molecule has 3 unspecified atom stereocenters. The average Bonchev–Trinajstić information content (AvgIpc) is 2.02. The molecule has 0 spiro atoms. The Bertz CT molecular complexity index is 182. The fourth-order valence-corrected chi connectivity index (χ4v) is 2.47. The van der Waals surface area contributed by atoms with Crippen LogP contribution in [-0.4, -0.2) is 11.2 Å². The van der Waals surface area contributed by atoms with Gasteiger partial charge in [-0.2, -0.15) is 0 Å². The molecule has 0 heterocycles. The number of allylic oxidation sites excluding steroid dienone is 1. The summed E-state index contributed by atoms with van der Waals surface area (Å²) in [5.74, 6) is 2.22. The van der Waals surface area contributed by atoms with Gasteiger partial charge in [0.25, 0.3) is 0 Å². The molecule has 0 amide bonds. The predicted molar refractivity (Wildman–Crippen MR) is 56.4 cm³/mol. The summed E-state index contributed by atoms with van der Waals surface area (Å²) in [4.78, 5) is 0. The Morgan fingerprint density at radius 3 is 2.15 bits per heavy atom. The molecule has 1 N–H and O–H groups in total. The molecular formula is C12H22O. The Morgan fingerprint density at radius 2 is 1.77 bits per heavy atom. The second kappa shape index (κ2) is 4.28. The van der Waals surface area contributed by atoms with Gasteiger partial charge < -0.3 is 5.11 Å². The smallest absolute Gasteiger partial charge is 0.0610 e. The molecule has 0 fully saturated rings. The van der Waals surface area contributed by atoms with Crippen molar-refractivity contribution >= 4 is 0 Å². The molecule has 0 aromatic heterocycles. The maximum atomic E-state index is 9.91. The highest BCUT2D eigenvalue weighted by Crippen LogP contribution is 2.35. The quantitative estimate of drug-likeness (QED) is 0.651. The molecule has 1 aliphatic carbocycles. The van der Waals surface area contributed by atoms with Crippen LogP contribution in [0.25, 0.3) is 0 Å². The molecule has 0 saturated carbocycles. The van der Waals surface area contributed by atoms with Crippen molar-refractivity contribution in [3.05, 3.63) is 12.2 Å². The van der Waals surface area contributed by atoms with Gasteiger partial charge in [0.1, 0.15) is 0 Å².